The second kappa shape index (κ2) is 6.30. The molecule has 1 N–H and O–H groups in total. The minimum atomic E-state index is 0.111. The molecule has 0 fully saturated rings. The number of hydrogen-bond donors (Lipinski definition) is 1. The maximum absolute atomic E-state index is 6.14. The standard InChI is InChI=1S/C13H17ClN4S/c1-4-5-10-11(14)16-7-17-12(10)18-9(3)13-15-6-8(2)19-13/h6-7,9H,4-5H2,1-3H3,(H,16,17,18). The first kappa shape index (κ1) is 14.2. The van der Waals surface area contributed by atoms with Crippen molar-refractivity contribution in [2.45, 2.75) is 39.7 Å². The molecule has 0 radical (unpaired) electrons. The highest BCUT2D eigenvalue weighted by Crippen LogP contribution is 2.27. The van der Waals surface area contributed by atoms with Gasteiger partial charge in [0.25, 0.3) is 0 Å². The van der Waals surface area contributed by atoms with Gasteiger partial charge in [-0.1, -0.05) is 24.9 Å². The van der Waals surface area contributed by atoms with E-state index in [2.05, 4.69) is 41.0 Å². The third-order valence-electron chi connectivity index (χ3n) is 2.76. The summed E-state index contributed by atoms with van der Waals surface area (Å²) < 4.78 is 0. The highest BCUT2D eigenvalue weighted by atomic mass is 35.5. The van der Waals surface area contributed by atoms with Crippen LogP contribution < -0.4 is 5.32 Å². The molecule has 0 bridgehead atoms. The van der Waals surface area contributed by atoms with Crippen LogP contribution in [0.1, 0.15) is 41.8 Å². The molecule has 102 valence electrons. The molecule has 2 aromatic rings. The van der Waals surface area contributed by atoms with Crippen LogP contribution >= 0.6 is 22.9 Å². The summed E-state index contributed by atoms with van der Waals surface area (Å²) in [5, 5.41) is 4.96. The third-order valence-corrected chi connectivity index (χ3v) is 4.18. The summed E-state index contributed by atoms with van der Waals surface area (Å²) in [5.41, 5.74) is 0.979. The number of aromatic nitrogens is 3. The SMILES string of the molecule is CCCc1c(Cl)ncnc1NC(C)c1ncc(C)s1. The third kappa shape index (κ3) is 3.42. The van der Waals surface area contributed by atoms with Crippen LogP contribution in [0.3, 0.4) is 0 Å². The zero-order chi connectivity index (χ0) is 13.8. The summed E-state index contributed by atoms with van der Waals surface area (Å²) in [4.78, 5) is 13.9. The molecule has 2 aromatic heterocycles. The number of rotatable bonds is 5. The monoisotopic (exact) mass is 296 g/mol. The molecule has 2 rings (SSSR count). The van der Waals surface area contributed by atoms with Gasteiger partial charge in [-0.05, 0) is 20.3 Å². The Morgan fingerprint density at radius 2 is 2.16 bits per heavy atom. The second-order valence-corrected chi connectivity index (χ2v) is 6.04. The highest BCUT2D eigenvalue weighted by molar-refractivity contribution is 7.11. The molecule has 0 spiro atoms. The van der Waals surface area contributed by atoms with E-state index >= 15 is 0 Å². The average Bonchev–Trinajstić information content (AvgIpc) is 2.80. The van der Waals surface area contributed by atoms with Crippen molar-refractivity contribution >= 4 is 28.8 Å². The van der Waals surface area contributed by atoms with Gasteiger partial charge in [0.1, 0.15) is 22.3 Å². The van der Waals surface area contributed by atoms with Crippen LogP contribution in [-0.2, 0) is 6.42 Å². The molecule has 2 heterocycles. The summed E-state index contributed by atoms with van der Waals surface area (Å²) in [6.07, 6.45) is 5.25. The summed E-state index contributed by atoms with van der Waals surface area (Å²) in [6.45, 7) is 6.24. The molecule has 1 unspecified atom stereocenters. The zero-order valence-electron chi connectivity index (χ0n) is 11.3. The molecule has 0 aromatic carbocycles. The Hall–Kier alpha value is -1.20. The fourth-order valence-electron chi connectivity index (χ4n) is 1.83. The number of aryl methyl sites for hydroxylation is 1. The maximum Gasteiger partial charge on any atom is 0.137 e. The molecule has 0 saturated carbocycles. The fourth-order valence-corrected chi connectivity index (χ4v) is 2.83. The second-order valence-electron chi connectivity index (χ2n) is 4.42. The Bertz CT molecular complexity index is 555. The van der Waals surface area contributed by atoms with Gasteiger partial charge in [-0.3, -0.25) is 0 Å². The molecule has 0 aliphatic carbocycles. The smallest absolute Gasteiger partial charge is 0.137 e. The van der Waals surface area contributed by atoms with E-state index in [4.69, 9.17) is 11.6 Å². The molecule has 6 heteroatoms. The van der Waals surface area contributed by atoms with Crippen molar-refractivity contribution < 1.29 is 0 Å². The van der Waals surface area contributed by atoms with E-state index in [1.165, 1.54) is 11.2 Å². The van der Waals surface area contributed by atoms with E-state index in [-0.39, 0.29) is 6.04 Å². The van der Waals surface area contributed by atoms with Crippen molar-refractivity contribution in [1.29, 1.82) is 0 Å². The Morgan fingerprint density at radius 3 is 2.79 bits per heavy atom. The lowest BCUT2D eigenvalue weighted by Crippen LogP contribution is -2.10. The van der Waals surface area contributed by atoms with Gasteiger partial charge in [0.2, 0.25) is 0 Å². The maximum atomic E-state index is 6.14. The van der Waals surface area contributed by atoms with Crippen LogP contribution in [0.5, 0.6) is 0 Å². The molecule has 19 heavy (non-hydrogen) atoms. The van der Waals surface area contributed by atoms with Crippen LogP contribution in [-0.4, -0.2) is 15.0 Å². The van der Waals surface area contributed by atoms with E-state index < -0.39 is 0 Å². The van der Waals surface area contributed by atoms with Crippen LogP contribution in [0.2, 0.25) is 5.15 Å². The van der Waals surface area contributed by atoms with Crippen molar-refractivity contribution in [1.82, 2.24) is 15.0 Å². The van der Waals surface area contributed by atoms with E-state index in [9.17, 15) is 0 Å². The average molecular weight is 297 g/mol. The minimum Gasteiger partial charge on any atom is -0.361 e. The molecule has 4 nitrogen and oxygen atoms in total. The largest absolute Gasteiger partial charge is 0.361 e. The quantitative estimate of drug-likeness (QED) is 0.847. The van der Waals surface area contributed by atoms with Crippen LogP contribution in [0, 0.1) is 6.92 Å². The van der Waals surface area contributed by atoms with E-state index in [0.29, 0.717) is 5.15 Å². The minimum absolute atomic E-state index is 0.111. The molecule has 0 aliphatic rings. The Balaban J connectivity index is 2.21. The van der Waals surface area contributed by atoms with E-state index in [0.717, 1.165) is 29.2 Å². The first-order valence-electron chi connectivity index (χ1n) is 6.30. The molecule has 0 saturated heterocycles. The molecule has 1 atom stereocenters. The van der Waals surface area contributed by atoms with Crippen LogP contribution in [0.25, 0.3) is 0 Å². The van der Waals surface area contributed by atoms with Crippen LogP contribution in [0.4, 0.5) is 5.82 Å². The van der Waals surface area contributed by atoms with E-state index in [1.807, 2.05) is 6.20 Å². The molecular formula is C13H17ClN4S. The summed E-state index contributed by atoms with van der Waals surface area (Å²) in [7, 11) is 0. The van der Waals surface area contributed by atoms with Crippen molar-refractivity contribution in [3.8, 4) is 0 Å². The summed E-state index contributed by atoms with van der Waals surface area (Å²) >= 11 is 7.83. The summed E-state index contributed by atoms with van der Waals surface area (Å²) in [6, 6.07) is 0.111. The Kier molecular flexibility index (Phi) is 4.71. The van der Waals surface area contributed by atoms with Gasteiger partial charge in [0, 0.05) is 16.6 Å². The fraction of sp³-hybridized carbons (Fsp3) is 0.462. The van der Waals surface area contributed by atoms with Gasteiger partial charge in [-0.25, -0.2) is 15.0 Å². The molecular weight excluding hydrogens is 280 g/mol. The van der Waals surface area contributed by atoms with Crippen LogP contribution in [0.15, 0.2) is 12.5 Å². The molecule has 0 aliphatic heterocycles. The molecule has 0 amide bonds. The number of halogens is 1. The lowest BCUT2D eigenvalue weighted by Gasteiger charge is -2.15. The van der Waals surface area contributed by atoms with Gasteiger partial charge >= 0.3 is 0 Å². The van der Waals surface area contributed by atoms with E-state index in [1.54, 1.807) is 11.3 Å². The van der Waals surface area contributed by atoms with Crippen molar-refractivity contribution in [2.75, 3.05) is 5.32 Å². The lowest BCUT2D eigenvalue weighted by atomic mass is 10.2. The van der Waals surface area contributed by atoms with Crippen molar-refractivity contribution in [3.63, 3.8) is 0 Å². The van der Waals surface area contributed by atoms with Crippen molar-refractivity contribution in [3.05, 3.63) is 33.1 Å². The first-order valence-corrected chi connectivity index (χ1v) is 7.49. The normalized spacial score (nSPS) is 12.4. The first-order chi connectivity index (χ1) is 9.11. The van der Waals surface area contributed by atoms with Gasteiger partial charge in [0.15, 0.2) is 0 Å². The predicted octanol–water partition coefficient (Wildman–Crippen LogP) is 4.02. The Morgan fingerprint density at radius 1 is 1.37 bits per heavy atom. The number of nitrogens with zero attached hydrogens (tertiary/aromatic N) is 3. The Labute approximate surface area is 122 Å². The summed E-state index contributed by atoms with van der Waals surface area (Å²) in [5.74, 6) is 0.808. The van der Waals surface area contributed by atoms with Crippen molar-refractivity contribution in [2.24, 2.45) is 0 Å². The lowest BCUT2D eigenvalue weighted by molar-refractivity contribution is 0.838. The number of nitrogens with one attached hydrogen (secondary N) is 1. The topological polar surface area (TPSA) is 50.7 Å². The van der Waals surface area contributed by atoms with Gasteiger partial charge in [-0.2, -0.15) is 0 Å². The van der Waals surface area contributed by atoms with Gasteiger partial charge in [0.05, 0.1) is 6.04 Å². The number of anilines is 1. The van der Waals surface area contributed by atoms with Gasteiger partial charge in [-0.15, -0.1) is 11.3 Å². The van der Waals surface area contributed by atoms with Gasteiger partial charge < -0.3 is 5.32 Å². The number of thiazole rings is 1. The predicted molar refractivity (Wildman–Crippen MR) is 79.9 cm³/mol. The number of hydrogen-bond acceptors (Lipinski definition) is 5. The zero-order valence-corrected chi connectivity index (χ0v) is 12.8. The highest BCUT2D eigenvalue weighted by Gasteiger charge is 2.14.